The lowest BCUT2D eigenvalue weighted by Gasteiger charge is -2.20. The molecule has 4 nitrogen and oxygen atoms in total. The van der Waals surface area contributed by atoms with Crippen LogP contribution in [0.3, 0.4) is 0 Å². The molecular formula is C16H23NO3. The van der Waals surface area contributed by atoms with Crippen molar-refractivity contribution in [3.63, 3.8) is 0 Å². The number of carbonyl (C=O) groups excluding carboxylic acids is 2. The Morgan fingerprint density at radius 2 is 1.80 bits per heavy atom. The molecule has 20 heavy (non-hydrogen) atoms. The average Bonchev–Trinajstić information content (AvgIpc) is 2.35. The van der Waals surface area contributed by atoms with Crippen LogP contribution in [0.15, 0.2) is 30.3 Å². The molecule has 1 rings (SSSR count). The van der Waals surface area contributed by atoms with E-state index in [1.54, 1.807) is 20.8 Å². The van der Waals surface area contributed by atoms with Gasteiger partial charge in [0.25, 0.3) is 0 Å². The van der Waals surface area contributed by atoms with Gasteiger partial charge in [0, 0.05) is 5.92 Å². The zero-order chi connectivity index (χ0) is 15.2. The Kier molecular flexibility index (Phi) is 5.74. The lowest BCUT2D eigenvalue weighted by atomic mass is 10.0. The highest BCUT2D eigenvalue weighted by molar-refractivity contribution is 5.83. The van der Waals surface area contributed by atoms with E-state index in [-0.39, 0.29) is 18.4 Å². The van der Waals surface area contributed by atoms with E-state index in [0.717, 1.165) is 5.56 Å². The van der Waals surface area contributed by atoms with E-state index in [9.17, 15) is 9.59 Å². The summed E-state index contributed by atoms with van der Waals surface area (Å²) in [7, 11) is 0. The first-order valence-corrected chi connectivity index (χ1v) is 6.81. The maximum atomic E-state index is 11.9. The summed E-state index contributed by atoms with van der Waals surface area (Å²) in [6.07, 6.45) is 0.654. The van der Waals surface area contributed by atoms with E-state index in [2.05, 4.69) is 5.32 Å². The third-order valence-corrected chi connectivity index (χ3v) is 2.66. The lowest BCUT2D eigenvalue weighted by molar-refractivity contribution is -0.154. The minimum absolute atomic E-state index is 0.0881. The van der Waals surface area contributed by atoms with E-state index >= 15 is 0 Å². The van der Waals surface area contributed by atoms with Crippen LogP contribution in [-0.2, 0) is 20.7 Å². The number of esters is 1. The molecule has 110 valence electrons. The molecule has 4 heteroatoms. The monoisotopic (exact) mass is 277 g/mol. The maximum absolute atomic E-state index is 11.9. The molecule has 1 aromatic rings. The van der Waals surface area contributed by atoms with Gasteiger partial charge in [-0.15, -0.1) is 0 Å². The normalized spacial score (nSPS) is 12.6. The fourth-order valence-electron chi connectivity index (χ4n) is 1.77. The minimum Gasteiger partial charge on any atom is -0.459 e. The quantitative estimate of drug-likeness (QED) is 0.840. The standard InChI is InChI=1S/C16H23NO3/c1-12(10-13-8-6-5-7-9-13)15(19)17-11-14(18)20-16(2,3)4/h5-9,12H,10-11H2,1-4H3,(H,17,19)/t12-/m0/s1. The van der Waals surface area contributed by atoms with E-state index in [1.165, 1.54) is 0 Å². The summed E-state index contributed by atoms with van der Waals surface area (Å²) in [5.74, 6) is -0.739. The molecule has 1 aromatic carbocycles. The van der Waals surface area contributed by atoms with Gasteiger partial charge in [-0.3, -0.25) is 9.59 Å². The predicted octanol–water partition coefficient (Wildman–Crippen LogP) is 2.32. The first-order chi connectivity index (χ1) is 9.28. The van der Waals surface area contributed by atoms with Crippen LogP contribution in [0.25, 0.3) is 0 Å². The second kappa shape index (κ2) is 7.08. The number of carbonyl (C=O) groups is 2. The SMILES string of the molecule is C[C@@H](Cc1ccccc1)C(=O)NCC(=O)OC(C)(C)C. The number of nitrogens with one attached hydrogen (secondary N) is 1. The van der Waals surface area contributed by atoms with Gasteiger partial charge in [-0.2, -0.15) is 0 Å². The van der Waals surface area contributed by atoms with E-state index < -0.39 is 11.6 Å². The van der Waals surface area contributed by atoms with Gasteiger partial charge >= 0.3 is 5.97 Å². The smallest absolute Gasteiger partial charge is 0.325 e. The Hall–Kier alpha value is -1.84. The average molecular weight is 277 g/mol. The van der Waals surface area contributed by atoms with Gasteiger partial charge in [-0.25, -0.2) is 0 Å². The molecule has 1 N–H and O–H groups in total. The molecule has 0 heterocycles. The molecule has 0 aliphatic rings. The maximum Gasteiger partial charge on any atom is 0.325 e. The number of benzene rings is 1. The van der Waals surface area contributed by atoms with Gasteiger partial charge in [0.15, 0.2) is 0 Å². The van der Waals surface area contributed by atoms with Crippen LogP contribution < -0.4 is 5.32 Å². The van der Waals surface area contributed by atoms with Gasteiger partial charge in [-0.05, 0) is 32.8 Å². The third-order valence-electron chi connectivity index (χ3n) is 2.66. The Morgan fingerprint density at radius 3 is 2.35 bits per heavy atom. The molecule has 0 radical (unpaired) electrons. The van der Waals surface area contributed by atoms with Gasteiger partial charge in [0.1, 0.15) is 12.1 Å². The summed E-state index contributed by atoms with van der Waals surface area (Å²) < 4.78 is 5.13. The molecule has 0 saturated carbocycles. The summed E-state index contributed by atoms with van der Waals surface area (Å²) in [4.78, 5) is 23.4. The Morgan fingerprint density at radius 1 is 1.20 bits per heavy atom. The largest absolute Gasteiger partial charge is 0.459 e. The van der Waals surface area contributed by atoms with Crippen LogP contribution in [0, 0.1) is 5.92 Å². The number of amides is 1. The molecule has 0 aliphatic heterocycles. The summed E-state index contributed by atoms with van der Waals surface area (Å²) in [5.41, 5.74) is 0.574. The molecule has 1 amide bonds. The fraction of sp³-hybridized carbons (Fsp3) is 0.500. The lowest BCUT2D eigenvalue weighted by Crippen LogP contribution is -2.37. The molecule has 0 aromatic heterocycles. The van der Waals surface area contributed by atoms with Crippen LogP contribution in [0.1, 0.15) is 33.3 Å². The highest BCUT2D eigenvalue weighted by Gasteiger charge is 2.18. The van der Waals surface area contributed by atoms with Gasteiger partial charge < -0.3 is 10.1 Å². The van der Waals surface area contributed by atoms with Crippen molar-refractivity contribution in [2.75, 3.05) is 6.54 Å². The van der Waals surface area contributed by atoms with Crippen LogP contribution in [0.2, 0.25) is 0 Å². The zero-order valence-electron chi connectivity index (χ0n) is 12.6. The predicted molar refractivity (Wildman–Crippen MR) is 78.2 cm³/mol. The first kappa shape index (κ1) is 16.2. The molecule has 0 spiro atoms. The molecule has 1 atom stereocenters. The Labute approximate surface area is 120 Å². The van der Waals surface area contributed by atoms with Crippen molar-refractivity contribution in [2.24, 2.45) is 5.92 Å². The summed E-state index contributed by atoms with van der Waals surface area (Å²) in [5, 5.41) is 2.61. The Balaban J connectivity index is 2.37. The Bertz CT molecular complexity index is 449. The fourth-order valence-corrected chi connectivity index (χ4v) is 1.77. The zero-order valence-corrected chi connectivity index (χ0v) is 12.6. The van der Waals surface area contributed by atoms with Crippen molar-refractivity contribution in [3.8, 4) is 0 Å². The second-order valence-corrected chi connectivity index (χ2v) is 5.90. The van der Waals surface area contributed by atoms with Crippen molar-refractivity contribution >= 4 is 11.9 Å². The number of rotatable bonds is 5. The van der Waals surface area contributed by atoms with E-state index in [0.29, 0.717) is 6.42 Å². The highest BCUT2D eigenvalue weighted by atomic mass is 16.6. The molecule has 0 saturated heterocycles. The number of hydrogen-bond acceptors (Lipinski definition) is 3. The van der Waals surface area contributed by atoms with Crippen LogP contribution in [-0.4, -0.2) is 24.0 Å². The van der Waals surface area contributed by atoms with Crippen LogP contribution >= 0.6 is 0 Å². The van der Waals surface area contributed by atoms with Crippen molar-refractivity contribution < 1.29 is 14.3 Å². The molecule has 0 bridgehead atoms. The third kappa shape index (κ3) is 6.36. The van der Waals surface area contributed by atoms with Gasteiger partial charge in [-0.1, -0.05) is 37.3 Å². The van der Waals surface area contributed by atoms with E-state index in [4.69, 9.17) is 4.74 Å². The minimum atomic E-state index is -0.530. The number of hydrogen-bond donors (Lipinski definition) is 1. The molecule has 0 unspecified atom stereocenters. The van der Waals surface area contributed by atoms with Crippen molar-refractivity contribution in [1.82, 2.24) is 5.32 Å². The van der Waals surface area contributed by atoms with E-state index in [1.807, 2.05) is 37.3 Å². The van der Waals surface area contributed by atoms with Crippen molar-refractivity contribution in [2.45, 2.75) is 39.7 Å². The van der Waals surface area contributed by atoms with Crippen LogP contribution in [0.5, 0.6) is 0 Å². The highest BCUT2D eigenvalue weighted by Crippen LogP contribution is 2.09. The summed E-state index contributed by atoms with van der Waals surface area (Å²) >= 11 is 0. The molecule has 0 aliphatic carbocycles. The molecule has 0 fully saturated rings. The van der Waals surface area contributed by atoms with Crippen molar-refractivity contribution in [1.29, 1.82) is 0 Å². The van der Waals surface area contributed by atoms with Crippen molar-refractivity contribution in [3.05, 3.63) is 35.9 Å². The first-order valence-electron chi connectivity index (χ1n) is 6.81. The number of ether oxygens (including phenoxy) is 1. The molecular weight excluding hydrogens is 254 g/mol. The van der Waals surface area contributed by atoms with Gasteiger partial charge in [0.2, 0.25) is 5.91 Å². The van der Waals surface area contributed by atoms with Crippen LogP contribution in [0.4, 0.5) is 0 Å². The summed E-state index contributed by atoms with van der Waals surface area (Å²) in [6.45, 7) is 7.15. The second-order valence-electron chi connectivity index (χ2n) is 5.90. The topological polar surface area (TPSA) is 55.4 Å². The van der Waals surface area contributed by atoms with Gasteiger partial charge in [0.05, 0.1) is 0 Å². The summed E-state index contributed by atoms with van der Waals surface area (Å²) in [6, 6.07) is 9.80.